The first-order valence-electron chi connectivity index (χ1n) is 8.55. The Kier molecular flexibility index (Phi) is 4.19. The second-order valence-corrected chi connectivity index (χ2v) is 8.38. The summed E-state index contributed by atoms with van der Waals surface area (Å²) in [4.78, 5) is 19.7. The highest BCUT2D eigenvalue weighted by atomic mass is 32.1. The molecular weight excluding hydrogens is 380 g/mol. The van der Waals surface area contributed by atoms with Crippen LogP contribution in [0.15, 0.2) is 34.7 Å². The standard InChI is InChI=1S/C19H18N4O4S/c1-19(2,3)10-5-6-14-12(7-10)20-17(27-14)22-18-21-16-13(23(24)25)8-11(26-4)9-15(16)28-18/h5-9H,1-4H3,(H,20,21,22). The second kappa shape index (κ2) is 6.45. The number of hydrogen-bond donors (Lipinski definition) is 1. The van der Waals surface area contributed by atoms with E-state index in [0.29, 0.717) is 26.7 Å². The Bertz CT molecular complexity index is 1210. The molecule has 8 nitrogen and oxygen atoms in total. The number of thiazole rings is 1. The van der Waals surface area contributed by atoms with Crippen LogP contribution in [0, 0.1) is 10.1 Å². The van der Waals surface area contributed by atoms with Gasteiger partial charge in [0.15, 0.2) is 16.2 Å². The summed E-state index contributed by atoms with van der Waals surface area (Å²) in [5, 5.41) is 14.8. The fraction of sp³-hybridized carbons (Fsp3) is 0.263. The Hall–Kier alpha value is -3.20. The van der Waals surface area contributed by atoms with Crippen molar-refractivity contribution >= 4 is 49.5 Å². The lowest BCUT2D eigenvalue weighted by atomic mass is 9.87. The molecule has 4 rings (SSSR count). The van der Waals surface area contributed by atoms with E-state index < -0.39 is 4.92 Å². The van der Waals surface area contributed by atoms with Crippen molar-refractivity contribution in [2.24, 2.45) is 0 Å². The highest BCUT2D eigenvalue weighted by molar-refractivity contribution is 7.22. The lowest BCUT2D eigenvalue weighted by Gasteiger charge is -2.18. The first-order chi connectivity index (χ1) is 13.2. The summed E-state index contributed by atoms with van der Waals surface area (Å²) in [5.74, 6) is 0.408. The molecule has 0 radical (unpaired) electrons. The van der Waals surface area contributed by atoms with Crippen LogP contribution < -0.4 is 10.1 Å². The Labute approximate surface area is 164 Å². The van der Waals surface area contributed by atoms with Crippen molar-refractivity contribution in [2.45, 2.75) is 26.2 Å². The van der Waals surface area contributed by atoms with Gasteiger partial charge in [-0.3, -0.25) is 15.4 Å². The van der Waals surface area contributed by atoms with Crippen LogP contribution in [0.1, 0.15) is 26.3 Å². The molecule has 144 valence electrons. The van der Waals surface area contributed by atoms with E-state index >= 15 is 0 Å². The molecule has 0 saturated carbocycles. The minimum absolute atomic E-state index is 0.00571. The van der Waals surface area contributed by atoms with Crippen molar-refractivity contribution in [3.8, 4) is 5.75 Å². The molecular formula is C19H18N4O4S. The smallest absolute Gasteiger partial charge is 0.302 e. The van der Waals surface area contributed by atoms with E-state index in [-0.39, 0.29) is 17.1 Å². The fourth-order valence-corrected chi connectivity index (χ4v) is 3.74. The molecule has 0 amide bonds. The van der Waals surface area contributed by atoms with Crippen molar-refractivity contribution in [3.05, 3.63) is 46.0 Å². The van der Waals surface area contributed by atoms with Crippen molar-refractivity contribution < 1.29 is 14.1 Å². The molecule has 2 aromatic carbocycles. The molecule has 4 aromatic rings. The monoisotopic (exact) mass is 398 g/mol. The number of nitro benzene ring substituents is 1. The minimum atomic E-state index is -0.470. The number of aromatic nitrogens is 2. The number of fused-ring (bicyclic) bond motifs is 2. The van der Waals surface area contributed by atoms with E-state index in [9.17, 15) is 10.1 Å². The molecule has 0 aliphatic carbocycles. The number of ether oxygens (including phenoxy) is 1. The molecule has 2 aromatic heterocycles. The van der Waals surface area contributed by atoms with Crippen LogP contribution in [0.25, 0.3) is 21.3 Å². The number of rotatable bonds is 4. The topological polar surface area (TPSA) is 103 Å². The number of nitro groups is 1. The molecule has 0 spiro atoms. The fourth-order valence-electron chi connectivity index (χ4n) is 2.84. The minimum Gasteiger partial charge on any atom is -0.496 e. The Morgan fingerprint density at radius 1 is 1.21 bits per heavy atom. The normalized spacial score (nSPS) is 11.9. The van der Waals surface area contributed by atoms with Gasteiger partial charge in [0.05, 0.1) is 22.8 Å². The second-order valence-electron chi connectivity index (χ2n) is 7.35. The van der Waals surface area contributed by atoms with E-state index in [4.69, 9.17) is 9.15 Å². The average Bonchev–Trinajstić information content (AvgIpc) is 3.21. The Balaban J connectivity index is 1.71. The highest BCUT2D eigenvalue weighted by Gasteiger charge is 2.20. The zero-order valence-corrected chi connectivity index (χ0v) is 16.6. The van der Waals surface area contributed by atoms with E-state index in [1.807, 2.05) is 18.2 Å². The molecule has 0 atom stereocenters. The zero-order valence-electron chi connectivity index (χ0n) is 15.8. The number of nitrogens with one attached hydrogen (secondary N) is 1. The average molecular weight is 398 g/mol. The zero-order chi connectivity index (χ0) is 20.1. The van der Waals surface area contributed by atoms with Gasteiger partial charge in [0.25, 0.3) is 5.69 Å². The molecule has 28 heavy (non-hydrogen) atoms. The van der Waals surface area contributed by atoms with E-state index in [2.05, 4.69) is 36.1 Å². The molecule has 0 fully saturated rings. The van der Waals surface area contributed by atoms with Crippen LogP contribution in [0.2, 0.25) is 0 Å². The van der Waals surface area contributed by atoms with Crippen LogP contribution in [0.5, 0.6) is 5.75 Å². The lowest BCUT2D eigenvalue weighted by molar-refractivity contribution is -0.383. The summed E-state index contributed by atoms with van der Waals surface area (Å²) < 4.78 is 11.5. The summed E-state index contributed by atoms with van der Waals surface area (Å²) >= 11 is 1.26. The largest absolute Gasteiger partial charge is 0.496 e. The number of hydrogen-bond acceptors (Lipinski definition) is 8. The van der Waals surface area contributed by atoms with Crippen LogP contribution in [-0.4, -0.2) is 22.0 Å². The summed E-state index contributed by atoms with van der Waals surface area (Å²) in [5.41, 5.74) is 2.75. The SMILES string of the molecule is COc1cc([N+](=O)[O-])c2nc(Nc3nc4cc(C(C)(C)C)ccc4o3)sc2c1. The first kappa shape index (κ1) is 18.2. The van der Waals surface area contributed by atoms with Crippen molar-refractivity contribution in [3.63, 3.8) is 0 Å². The Morgan fingerprint density at radius 3 is 2.68 bits per heavy atom. The summed E-state index contributed by atoms with van der Waals surface area (Å²) in [6.45, 7) is 6.40. The Morgan fingerprint density at radius 2 is 2.00 bits per heavy atom. The van der Waals surface area contributed by atoms with Gasteiger partial charge in [-0.05, 0) is 23.1 Å². The summed E-state index contributed by atoms with van der Waals surface area (Å²) in [6, 6.07) is 9.27. The van der Waals surface area contributed by atoms with Gasteiger partial charge in [-0.15, -0.1) is 0 Å². The number of benzene rings is 2. The predicted molar refractivity (Wildman–Crippen MR) is 109 cm³/mol. The van der Waals surface area contributed by atoms with E-state index in [1.54, 1.807) is 6.07 Å². The van der Waals surface area contributed by atoms with Gasteiger partial charge >= 0.3 is 6.01 Å². The van der Waals surface area contributed by atoms with E-state index in [0.717, 1.165) is 11.1 Å². The maximum Gasteiger partial charge on any atom is 0.302 e. The molecule has 2 heterocycles. The van der Waals surface area contributed by atoms with Gasteiger partial charge in [-0.1, -0.05) is 38.2 Å². The molecule has 0 aliphatic rings. The van der Waals surface area contributed by atoms with Gasteiger partial charge < -0.3 is 9.15 Å². The molecule has 9 heteroatoms. The van der Waals surface area contributed by atoms with Crippen LogP contribution in [0.4, 0.5) is 16.8 Å². The van der Waals surface area contributed by atoms with Gasteiger partial charge in [0.1, 0.15) is 11.3 Å². The quantitative estimate of drug-likeness (QED) is 0.363. The van der Waals surface area contributed by atoms with Gasteiger partial charge in [-0.2, -0.15) is 4.98 Å². The third-order valence-electron chi connectivity index (χ3n) is 4.35. The van der Waals surface area contributed by atoms with Gasteiger partial charge in [-0.25, -0.2) is 4.98 Å². The van der Waals surface area contributed by atoms with E-state index in [1.165, 1.54) is 24.5 Å². The number of oxazole rings is 1. The van der Waals surface area contributed by atoms with Gasteiger partial charge in [0.2, 0.25) is 0 Å². The van der Waals surface area contributed by atoms with Crippen molar-refractivity contribution in [1.82, 2.24) is 9.97 Å². The van der Waals surface area contributed by atoms with Crippen LogP contribution in [-0.2, 0) is 5.41 Å². The maximum absolute atomic E-state index is 11.3. The highest BCUT2D eigenvalue weighted by Crippen LogP contribution is 2.37. The van der Waals surface area contributed by atoms with Gasteiger partial charge in [0, 0.05) is 6.07 Å². The third-order valence-corrected chi connectivity index (χ3v) is 5.27. The summed E-state index contributed by atoms with van der Waals surface area (Å²) in [7, 11) is 1.47. The lowest BCUT2D eigenvalue weighted by Crippen LogP contribution is -2.10. The molecule has 0 unspecified atom stereocenters. The van der Waals surface area contributed by atoms with Crippen LogP contribution >= 0.6 is 11.3 Å². The number of anilines is 2. The summed E-state index contributed by atoms with van der Waals surface area (Å²) in [6.07, 6.45) is 0. The third kappa shape index (κ3) is 3.24. The van der Waals surface area contributed by atoms with Crippen LogP contribution in [0.3, 0.4) is 0 Å². The van der Waals surface area contributed by atoms with Crippen molar-refractivity contribution in [1.29, 1.82) is 0 Å². The molecule has 0 saturated heterocycles. The molecule has 1 N–H and O–H groups in total. The van der Waals surface area contributed by atoms with Crippen molar-refractivity contribution in [2.75, 3.05) is 12.4 Å². The first-order valence-corrected chi connectivity index (χ1v) is 9.37. The predicted octanol–water partition coefficient (Wildman–Crippen LogP) is 5.40. The number of non-ortho nitro benzene ring substituents is 1. The molecule has 0 aliphatic heterocycles. The molecule has 0 bridgehead atoms. The number of nitrogens with zero attached hydrogens (tertiary/aromatic N) is 3. The number of methoxy groups -OCH3 is 1. The maximum atomic E-state index is 11.3.